The van der Waals surface area contributed by atoms with Crippen LogP contribution < -0.4 is 4.90 Å². The summed E-state index contributed by atoms with van der Waals surface area (Å²) >= 11 is 0. The monoisotopic (exact) mass is 358 g/mol. The van der Waals surface area contributed by atoms with E-state index in [0.717, 1.165) is 50.6 Å². The number of fused-ring (bicyclic) bond motifs is 2. The minimum atomic E-state index is 0.833. The molecule has 4 aromatic rings. The maximum Gasteiger partial charge on any atom is 0.203 e. The fourth-order valence-corrected chi connectivity index (χ4v) is 3.98. The molecular weight excluding hydrogens is 336 g/mol. The summed E-state index contributed by atoms with van der Waals surface area (Å²) in [5.41, 5.74) is 2.24. The maximum absolute atomic E-state index is 4.58. The first kappa shape index (κ1) is 16.2. The highest BCUT2D eigenvalue weighted by atomic mass is 15.3. The SMILES string of the molecule is c1ccc2c(CN3CCCN(c4nccn5cnnc45)CC3)cccc2c1. The van der Waals surface area contributed by atoms with Crippen LogP contribution >= 0.6 is 0 Å². The van der Waals surface area contributed by atoms with Gasteiger partial charge in [0.2, 0.25) is 5.65 Å². The summed E-state index contributed by atoms with van der Waals surface area (Å²) < 4.78 is 1.93. The number of anilines is 1. The molecular formula is C21H22N6. The second-order valence-electron chi connectivity index (χ2n) is 7.07. The number of aromatic nitrogens is 4. The Bertz CT molecular complexity index is 1070. The number of rotatable bonds is 3. The van der Waals surface area contributed by atoms with Gasteiger partial charge in [-0.2, -0.15) is 0 Å². The van der Waals surface area contributed by atoms with Crippen LogP contribution in [0.25, 0.3) is 16.4 Å². The zero-order valence-corrected chi connectivity index (χ0v) is 15.2. The van der Waals surface area contributed by atoms with Gasteiger partial charge in [-0.05, 0) is 22.8 Å². The molecule has 136 valence electrons. The Kier molecular flexibility index (Phi) is 4.18. The first-order chi connectivity index (χ1) is 13.4. The largest absolute Gasteiger partial charge is 0.352 e. The molecule has 2 aromatic heterocycles. The van der Waals surface area contributed by atoms with E-state index in [0.29, 0.717) is 0 Å². The predicted octanol–water partition coefficient (Wildman–Crippen LogP) is 2.99. The second-order valence-corrected chi connectivity index (χ2v) is 7.07. The van der Waals surface area contributed by atoms with Crippen LogP contribution in [0.3, 0.4) is 0 Å². The number of hydrogen-bond donors (Lipinski definition) is 0. The van der Waals surface area contributed by atoms with Crippen molar-refractivity contribution in [2.24, 2.45) is 0 Å². The van der Waals surface area contributed by atoms with E-state index < -0.39 is 0 Å². The van der Waals surface area contributed by atoms with Crippen LogP contribution in [0.15, 0.2) is 61.2 Å². The zero-order valence-electron chi connectivity index (χ0n) is 15.2. The van der Waals surface area contributed by atoms with Gasteiger partial charge >= 0.3 is 0 Å². The standard InChI is InChI=1S/C21H22N6/c1-2-8-19-17(5-1)6-3-7-18(19)15-25-10-4-11-26(14-13-25)20-21-24-23-16-27(21)12-9-22-20/h1-3,5-9,12,16H,4,10-11,13-15H2. The van der Waals surface area contributed by atoms with Gasteiger partial charge in [-0.1, -0.05) is 42.5 Å². The van der Waals surface area contributed by atoms with Gasteiger partial charge in [-0.25, -0.2) is 4.98 Å². The van der Waals surface area contributed by atoms with Crippen LogP contribution in [0.5, 0.6) is 0 Å². The highest BCUT2D eigenvalue weighted by Gasteiger charge is 2.19. The van der Waals surface area contributed by atoms with E-state index in [1.807, 2.05) is 16.8 Å². The van der Waals surface area contributed by atoms with Crippen molar-refractivity contribution in [3.8, 4) is 0 Å². The van der Waals surface area contributed by atoms with Crippen molar-refractivity contribution in [2.45, 2.75) is 13.0 Å². The summed E-state index contributed by atoms with van der Waals surface area (Å²) in [4.78, 5) is 9.47. The molecule has 1 fully saturated rings. The van der Waals surface area contributed by atoms with Crippen LogP contribution in [0.4, 0.5) is 5.82 Å². The summed E-state index contributed by atoms with van der Waals surface area (Å²) in [7, 11) is 0. The number of benzene rings is 2. The summed E-state index contributed by atoms with van der Waals surface area (Å²) in [6.45, 7) is 5.03. The van der Waals surface area contributed by atoms with Crippen molar-refractivity contribution >= 4 is 22.2 Å². The maximum atomic E-state index is 4.58. The number of hydrogen-bond acceptors (Lipinski definition) is 5. The van der Waals surface area contributed by atoms with E-state index in [1.54, 1.807) is 6.33 Å². The van der Waals surface area contributed by atoms with Crippen LogP contribution in [-0.4, -0.2) is 50.7 Å². The Balaban J connectivity index is 1.35. The van der Waals surface area contributed by atoms with E-state index in [-0.39, 0.29) is 0 Å². The molecule has 5 rings (SSSR count). The Hall–Kier alpha value is -2.99. The lowest BCUT2D eigenvalue weighted by Gasteiger charge is -2.23. The predicted molar refractivity (Wildman–Crippen MR) is 107 cm³/mol. The van der Waals surface area contributed by atoms with Gasteiger partial charge in [0.15, 0.2) is 5.82 Å². The number of nitrogens with zero attached hydrogens (tertiary/aromatic N) is 6. The zero-order chi connectivity index (χ0) is 18.1. The molecule has 0 N–H and O–H groups in total. The molecule has 0 aliphatic carbocycles. The van der Waals surface area contributed by atoms with E-state index in [1.165, 1.54) is 16.3 Å². The molecule has 0 unspecified atom stereocenters. The van der Waals surface area contributed by atoms with E-state index in [2.05, 4.69) is 67.4 Å². The lowest BCUT2D eigenvalue weighted by atomic mass is 10.0. The summed E-state index contributed by atoms with van der Waals surface area (Å²) in [6.07, 6.45) is 6.56. The lowest BCUT2D eigenvalue weighted by molar-refractivity contribution is 0.286. The summed E-state index contributed by atoms with van der Waals surface area (Å²) in [5.74, 6) is 0.932. The third-order valence-electron chi connectivity index (χ3n) is 5.36. The van der Waals surface area contributed by atoms with Gasteiger partial charge in [-0.15, -0.1) is 10.2 Å². The Labute approximate surface area is 158 Å². The fraction of sp³-hybridized carbons (Fsp3) is 0.286. The Morgan fingerprint density at radius 3 is 2.85 bits per heavy atom. The minimum absolute atomic E-state index is 0.833. The molecule has 0 spiro atoms. The van der Waals surface area contributed by atoms with E-state index in [9.17, 15) is 0 Å². The average molecular weight is 358 g/mol. The smallest absolute Gasteiger partial charge is 0.203 e. The molecule has 2 aromatic carbocycles. The van der Waals surface area contributed by atoms with Gasteiger partial charge in [0.05, 0.1) is 0 Å². The van der Waals surface area contributed by atoms with Gasteiger partial charge in [0, 0.05) is 45.1 Å². The highest BCUT2D eigenvalue weighted by Crippen LogP contribution is 2.22. The molecule has 6 heteroatoms. The fourth-order valence-electron chi connectivity index (χ4n) is 3.98. The molecule has 1 aliphatic rings. The molecule has 0 radical (unpaired) electrons. The van der Waals surface area contributed by atoms with Crippen LogP contribution in [-0.2, 0) is 6.54 Å². The van der Waals surface area contributed by atoms with Gasteiger partial charge in [0.25, 0.3) is 0 Å². The molecule has 1 aliphatic heterocycles. The van der Waals surface area contributed by atoms with E-state index >= 15 is 0 Å². The molecule has 0 saturated carbocycles. The van der Waals surface area contributed by atoms with Crippen molar-refractivity contribution in [3.63, 3.8) is 0 Å². The third-order valence-corrected chi connectivity index (χ3v) is 5.36. The second kappa shape index (κ2) is 6.96. The van der Waals surface area contributed by atoms with E-state index in [4.69, 9.17) is 0 Å². The minimum Gasteiger partial charge on any atom is -0.352 e. The average Bonchev–Trinajstić information content (AvgIpc) is 3.08. The molecule has 0 atom stereocenters. The van der Waals surface area contributed by atoms with Crippen molar-refractivity contribution in [2.75, 3.05) is 31.1 Å². The molecule has 6 nitrogen and oxygen atoms in total. The lowest BCUT2D eigenvalue weighted by Crippen LogP contribution is -2.31. The third kappa shape index (κ3) is 3.13. The first-order valence-electron chi connectivity index (χ1n) is 9.47. The van der Waals surface area contributed by atoms with Gasteiger partial charge in [0.1, 0.15) is 6.33 Å². The molecule has 0 bridgehead atoms. The molecule has 27 heavy (non-hydrogen) atoms. The van der Waals surface area contributed by atoms with Crippen LogP contribution in [0.1, 0.15) is 12.0 Å². The Morgan fingerprint density at radius 1 is 0.926 bits per heavy atom. The normalized spacial score (nSPS) is 16.1. The van der Waals surface area contributed by atoms with Crippen molar-refractivity contribution in [3.05, 3.63) is 66.7 Å². The quantitative estimate of drug-likeness (QED) is 0.563. The van der Waals surface area contributed by atoms with Crippen molar-refractivity contribution < 1.29 is 0 Å². The van der Waals surface area contributed by atoms with Gasteiger partial charge < -0.3 is 4.90 Å². The molecule has 1 saturated heterocycles. The Morgan fingerprint density at radius 2 is 1.85 bits per heavy atom. The molecule has 0 amide bonds. The first-order valence-corrected chi connectivity index (χ1v) is 9.47. The van der Waals surface area contributed by atoms with Crippen LogP contribution in [0, 0.1) is 0 Å². The van der Waals surface area contributed by atoms with Gasteiger partial charge in [-0.3, -0.25) is 9.30 Å². The van der Waals surface area contributed by atoms with Crippen molar-refractivity contribution in [1.29, 1.82) is 0 Å². The highest BCUT2D eigenvalue weighted by molar-refractivity contribution is 5.85. The summed E-state index contributed by atoms with van der Waals surface area (Å²) in [5, 5.41) is 10.9. The van der Waals surface area contributed by atoms with Crippen molar-refractivity contribution in [1.82, 2.24) is 24.5 Å². The summed E-state index contributed by atoms with van der Waals surface area (Å²) in [6, 6.07) is 15.3. The topological polar surface area (TPSA) is 49.6 Å². The van der Waals surface area contributed by atoms with Crippen LogP contribution in [0.2, 0.25) is 0 Å². The molecule has 3 heterocycles.